The van der Waals surface area contributed by atoms with Crippen molar-refractivity contribution >= 4 is 18.4 Å². The third-order valence-electron chi connectivity index (χ3n) is 3.81. The zero-order chi connectivity index (χ0) is 17.5. The summed E-state index contributed by atoms with van der Waals surface area (Å²) in [7, 11) is 0. The fraction of sp³-hybridized carbons (Fsp3) is 0.389. The first-order valence-corrected chi connectivity index (χ1v) is 8.57. The summed E-state index contributed by atoms with van der Waals surface area (Å²) in [4.78, 5) is 19.0. The molecule has 0 aliphatic carbocycles. The van der Waals surface area contributed by atoms with Crippen LogP contribution in [0.3, 0.4) is 0 Å². The molecule has 0 fully saturated rings. The van der Waals surface area contributed by atoms with Crippen LogP contribution in [0.1, 0.15) is 37.8 Å². The van der Waals surface area contributed by atoms with Crippen LogP contribution < -0.4 is 5.56 Å². The molecule has 0 aliphatic rings. The molecule has 1 aromatic heterocycles. The van der Waals surface area contributed by atoms with E-state index in [-0.39, 0.29) is 22.3 Å². The van der Waals surface area contributed by atoms with Gasteiger partial charge in [0.1, 0.15) is 5.56 Å². The van der Waals surface area contributed by atoms with Crippen molar-refractivity contribution in [1.29, 1.82) is 0 Å². The molecule has 6 heteroatoms. The van der Waals surface area contributed by atoms with Gasteiger partial charge in [0, 0.05) is 18.8 Å². The fourth-order valence-electron chi connectivity index (χ4n) is 2.42. The summed E-state index contributed by atoms with van der Waals surface area (Å²) in [6, 6.07) is 10.3. The molecule has 2 N–H and O–H groups in total. The van der Waals surface area contributed by atoms with Crippen LogP contribution in [0.5, 0.6) is 5.88 Å². The summed E-state index contributed by atoms with van der Waals surface area (Å²) in [6.07, 6.45) is 4.04. The Kier molecular flexibility index (Phi) is 6.49. The quantitative estimate of drug-likeness (QED) is 0.596. The van der Waals surface area contributed by atoms with Crippen LogP contribution in [0.15, 0.2) is 40.1 Å². The van der Waals surface area contributed by atoms with E-state index in [0.29, 0.717) is 6.54 Å². The highest BCUT2D eigenvalue weighted by Crippen LogP contribution is 2.13. The van der Waals surface area contributed by atoms with Gasteiger partial charge < -0.3 is 5.11 Å². The van der Waals surface area contributed by atoms with E-state index in [9.17, 15) is 9.90 Å². The number of aliphatic imine (C=N–C) groups is 1. The molecule has 5 nitrogen and oxygen atoms in total. The number of benzene rings is 1. The van der Waals surface area contributed by atoms with E-state index in [4.69, 9.17) is 12.2 Å². The second-order valence-corrected chi connectivity index (χ2v) is 6.19. The minimum absolute atomic E-state index is 0.0480. The summed E-state index contributed by atoms with van der Waals surface area (Å²) in [6.45, 7) is 4.52. The molecule has 1 heterocycles. The molecule has 0 unspecified atom stereocenters. The number of aromatic hydroxyl groups is 1. The molecule has 0 saturated carbocycles. The zero-order valence-electron chi connectivity index (χ0n) is 14.0. The van der Waals surface area contributed by atoms with Crippen molar-refractivity contribution in [2.75, 3.05) is 0 Å². The Morgan fingerprint density at radius 2 is 2.08 bits per heavy atom. The Morgan fingerprint density at radius 1 is 1.38 bits per heavy atom. The normalized spacial score (nSPS) is 12.6. The Hall–Kier alpha value is -2.21. The number of rotatable bonds is 7. The van der Waals surface area contributed by atoms with Gasteiger partial charge >= 0.3 is 0 Å². The molecule has 2 aromatic rings. The van der Waals surface area contributed by atoms with Crippen molar-refractivity contribution in [2.45, 2.75) is 45.7 Å². The number of H-pyrrole nitrogens is 1. The Balaban J connectivity index is 2.12. The predicted octanol–water partition coefficient (Wildman–Crippen LogP) is 3.46. The summed E-state index contributed by atoms with van der Waals surface area (Å²) < 4.78 is 1.75. The lowest BCUT2D eigenvalue weighted by atomic mass is 10.1. The van der Waals surface area contributed by atoms with Gasteiger partial charge in [0.25, 0.3) is 5.56 Å². The van der Waals surface area contributed by atoms with E-state index in [1.165, 1.54) is 16.3 Å². The van der Waals surface area contributed by atoms with Crippen LogP contribution in [0.2, 0.25) is 0 Å². The van der Waals surface area contributed by atoms with Crippen molar-refractivity contribution in [3.63, 3.8) is 0 Å². The molecular weight excluding hydrogens is 322 g/mol. The molecule has 128 valence electrons. The van der Waals surface area contributed by atoms with Crippen molar-refractivity contribution in [3.8, 4) is 5.88 Å². The first kappa shape index (κ1) is 18.1. The lowest BCUT2D eigenvalue weighted by Crippen LogP contribution is -2.19. The predicted molar refractivity (Wildman–Crippen MR) is 99.7 cm³/mol. The SMILES string of the molecule is CCCn1c(O)c(C=N[C@@H](C)CCc2ccccc2)c(=O)[nH]c1=S. The Labute approximate surface area is 146 Å². The number of aromatic amines is 1. The molecule has 0 spiro atoms. The smallest absolute Gasteiger partial charge is 0.264 e. The minimum Gasteiger partial charge on any atom is -0.494 e. The molecule has 2 rings (SSSR count). The minimum atomic E-state index is -0.413. The van der Waals surface area contributed by atoms with Gasteiger partial charge in [-0.1, -0.05) is 37.3 Å². The number of nitrogens with one attached hydrogen (secondary N) is 1. The van der Waals surface area contributed by atoms with Crippen molar-refractivity contribution in [1.82, 2.24) is 9.55 Å². The van der Waals surface area contributed by atoms with Gasteiger partial charge in [-0.25, -0.2) is 0 Å². The highest BCUT2D eigenvalue weighted by molar-refractivity contribution is 7.71. The van der Waals surface area contributed by atoms with Gasteiger partial charge in [0.05, 0.1) is 0 Å². The number of aryl methyl sites for hydroxylation is 1. The van der Waals surface area contributed by atoms with E-state index < -0.39 is 5.56 Å². The Morgan fingerprint density at radius 3 is 2.75 bits per heavy atom. The third kappa shape index (κ3) is 4.64. The highest BCUT2D eigenvalue weighted by atomic mass is 32.1. The molecular formula is C18H23N3O2S. The van der Waals surface area contributed by atoms with E-state index in [1.54, 1.807) is 0 Å². The van der Waals surface area contributed by atoms with Crippen LogP contribution in [0.25, 0.3) is 0 Å². The standard InChI is InChI=1S/C18H23N3O2S/c1-3-11-21-17(23)15(16(22)20-18(21)24)12-19-13(2)9-10-14-7-5-4-6-8-14/h4-8,12-13,23H,3,9-11H2,1-2H3,(H,20,22,24)/t13-/m0/s1. The third-order valence-corrected chi connectivity index (χ3v) is 4.13. The van der Waals surface area contributed by atoms with E-state index in [2.05, 4.69) is 22.1 Å². The van der Waals surface area contributed by atoms with Crippen molar-refractivity contribution < 1.29 is 5.11 Å². The maximum Gasteiger partial charge on any atom is 0.264 e. The van der Waals surface area contributed by atoms with Crippen LogP contribution in [0.4, 0.5) is 0 Å². The van der Waals surface area contributed by atoms with Crippen LogP contribution in [-0.2, 0) is 13.0 Å². The van der Waals surface area contributed by atoms with Crippen LogP contribution in [-0.4, -0.2) is 26.9 Å². The zero-order valence-corrected chi connectivity index (χ0v) is 14.8. The van der Waals surface area contributed by atoms with Crippen LogP contribution in [0, 0.1) is 4.77 Å². The summed E-state index contributed by atoms with van der Waals surface area (Å²) >= 11 is 5.09. The van der Waals surface area contributed by atoms with Gasteiger partial charge in [-0.05, 0) is 44.0 Å². The highest BCUT2D eigenvalue weighted by Gasteiger charge is 2.10. The maximum absolute atomic E-state index is 12.0. The monoisotopic (exact) mass is 345 g/mol. The lowest BCUT2D eigenvalue weighted by Gasteiger charge is -2.10. The topological polar surface area (TPSA) is 70.4 Å². The number of hydrogen-bond donors (Lipinski definition) is 2. The van der Waals surface area contributed by atoms with Crippen LogP contribution >= 0.6 is 12.2 Å². The van der Waals surface area contributed by atoms with Crippen molar-refractivity contribution in [3.05, 3.63) is 56.6 Å². The molecule has 0 saturated heterocycles. The summed E-state index contributed by atoms with van der Waals surface area (Å²) in [5.41, 5.74) is 1.00. The van der Waals surface area contributed by atoms with Crippen molar-refractivity contribution in [2.24, 2.45) is 4.99 Å². The maximum atomic E-state index is 12.0. The Bertz CT molecular complexity index is 809. The molecule has 0 bridgehead atoms. The first-order chi connectivity index (χ1) is 11.5. The average Bonchev–Trinajstić information content (AvgIpc) is 2.57. The molecule has 1 atom stereocenters. The number of hydrogen-bond acceptors (Lipinski definition) is 4. The number of aromatic nitrogens is 2. The lowest BCUT2D eigenvalue weighted by molar-refractivity contribution is 0.401. The van der Waals surface area contributed by atoms with Gasteiger partial charge in [-0.2, -0.15) is 0 Å². The second kappa shape index (κ2) is 8.59. The van der Waals surface area contributed by atoms with Gasteiger partial charge in [-0.15, -0.1) is 0 Å². The molecule has 0 radical (unpaired) electrons. The van der Waals surface area contributed by atoms with Gasteiger partial charge in [0.2, 0.25) is 5.88 Å². The summed E-state index contributed by atoms with van der Waals surface area (Å²) in [5.74, 6) is -0.121. The van der Waals surface area contributed by atoms with E-state index in [1.807, 2.05) is 32.0 Å². The molecule has 1 aromatic carbocycles. The number of nitrogens with zero attached hydrogens (tertiary/aromatic N) is 2. The van der Waals surface area contributed by atoms with Gasteiger partial charge in [-0.3, -0.25) is 19.3 Å². The molecule has 0 aliphatic heterocycles. The molecule has 0 amide bonds. The first-order valence-electron chi connectivity index (χ1n) is 8.16. The average molecular weight is 345 g/mol. The largest absolute Gasteiger partial charge is 0.494 e. The van der Waals surface area contributed by atoms with Gasteiger partial charge in [0.15, 0.2) is 4.77 Å². The summed E-state index contributed by atoms with van der Waals surface area (Å²) in [5, 5.41) is 10.3. The second-order valence-electron chi connectivity index (χ2n) is 5.80. The van der Waals surface area contributed by atoms with E-state index >= 15 is 0 Å². The molecule has 24 heavy (non-hydrogen) atoms. The van der Waals surface area contributed by atoms with E-state index in [0.717, 1.165) is 19.3 Å². The fourth-order valence-corrected chi connectivity index (χ4v) is 2.69.